The monoisotopic (exact) mass is 203 g/mol. The Kier molecular flexibility index (Phi) is 5.23. The van der Waals surface area contributed by atoms with Gasteiger partial charge in [0.05, 0.1) is 6.07 Å². The zero-order chi connectivity index (χ0) is 7.98. The minimum absolute atomic E-state index is 0.0909. The molecule has 0 saturated carbocycles. The van der Waals surface area contributed by atoms with Gasteiger partial charge in [-0.05, 0) is 19.8 Å². The summed E-state index contributed by atoms with van der Waals surface area (Å²) in [6, 6.07) is 2.04. The van der Waals surface area contributed by atoms with Gasteiger partial charge in [-0.25, -0.2) is 0 Å². The number of rotatable bonds is 4. The average molecular weight is 204 g/mol. The van der Waals surface area contributed by atoms with Gasteiger partial charge in [-0.2, -0.15) is 5.26 Å². The molecule has 0 radical (unpaired) electrons. The van der Waals surface area contributed by atoms with Gasteiger partial charge in [0.25, 0.3) is 0 Å². The van der Waals surface area contributed by atoms with E-state index in [1.54, 1.807) is 6.92 Å². The zero-order valence-corrected chi connectivity index (χ0v) is 7.52. The molecule has 0 N–H and O–H groups in total. The lowest BCUT2D eigenvalue weighted by Crippen LogP contribution is -1.95. The fraction of sp³-hybridized carbons (Fsp3) is 0.714. The summed E-state index contributed by atoms with van der Waals surface area (Å²) in [5, 5.41) is 8.32. The minimum Gasteiger partial charge on any atom is -0.300 e. The van der Waals surface area contributed by atoms with E-state index in [2.05, 4.69) is 15.9 Å². The number of hydrogen-bond acceptors (Lipinski definition) is 2. The van der Waals surface area contributed by atoms with Crippen LogP contribution in [0.25, 0.3) is 0 Å². The molecule has 0 heterocycles. The van der Waals surface area contributed by atoms with Crippen molar-refractivity contribution in [2.45, 2.75) is 31.0 Å². The zero-order valence-electron chi connectivity index (χ0n) is 5.93. The molecule has 0 aliphatic rings. The van der Waals surface area contributed by atoms with Crippen LogP contribution in [0.2, 0.25) is 0 Å². The Morgan fingerprint density at radius 2 is 2.40 bits per heavy atom. The number of carbonyl (C=O) groups is 1. The third-order valence-corrected chi connectivity index (χ3v) is 1.79. The maximum absolute atomic E-state index is 10.4. The van der Waals surface area contributed by atoms with Crippen LogP contribution in [0.15, 0.2) is 0 Å². The molecular formula is C7H10BrNO. The molecule has 3 heteroatoms. The molecule has 0 spiro atoms. The average Bonchev–Trinajstić information content (AvgIpc) is 1.87. The van der Waals surface area contributed by atoms with Gasteiger partial charge >= 0.3 is 0 Å². The fourth-order valence-electron chi connectivity index (χ4n) is 0.595. The van der Waals surface area contributed by atoms with E-state index in [1.807, 2.05) is 6.07 Å². The molecule has 1 atom stereocenters. The van der Waals surface area contributed by atoms with Crippen molar-refractivity contribution >= 4 is 21.7 Å². The summed E-state index contributed by atoms with van der Waals surface area (Å²) >= 11 is 3.15. The molecule has 0 bridgehead atoms. The molecule has 0 saturated heterocycles. The van der Waals surface area contributed by atoms with Crippen LogP contribution in [-0.4, -0.2) is 10.6 Å². The van der Waals surface area contributed by atoms with E-state index in [0.717, 1.165) is 12.8 Å². The number of Topliss-reactive ketones (excluding diaryl/α,β-unsaturated/α-hetero) is 1. The molecule has 0 aromatic heterocycles. The maximum Gasteiger partial charge on any atom is 0.129 e. The summed E-state index contributed by atoms with van der Waals surface area (Å²) in [5.74, 6) is 0.192. The van der Waals surface area contributed by atoms with Crippen LogP contribution in [0.1, 0.15) is 26.2 Å². The van der Waals surface area contributed by atoms with Gasteiger partial charge in [0.15, 0.2) is 0 Å². The Morgan fingerprint density at radius 1 is 1.80 bits per heavy atom. The highest BCUT2D eigenvalue weighted by atomic mass is 79.9. The minimum atomic E-state index is -0.0909. The molecular weight excluding hydrogens is 194 g/mol. The third-order valence-electron chi connectivity index (χ3n) is 1.13. The molecule has 0 aliphatic heterocycles. The number of alkyl halides is 1. The molecule has 2 nitrogen and oxygen atoms in total. The summed E-state index contributed by atoms with van der Waals surface area (Å²) in [6.07, 6.45) is 2.15. The number of halogens is 1. The van der Waals surface area contributed by atoms with Crippen LogP contribution in [0.5, 0.6) is 0 Å². The quantitative estimate of drug-likeness (QED) is 0.657. The Balaban J connectivity index is 3.22. The first kappa shape index (κ1) is 9.64. The van der Waals surface area contributed by atoms with Crippen LogP contribution in [0.4, 0.5) is 0 Å². The molecule has 0 aromatic carbocycles. The highest BCUT2D eigenvalue weighted by molar-refractivity contribution is 9.09. The number of hydrogen-bond donors (Lipinski definition) is 0. The Morgan fingerprint density at radius 3 is 2.80 bits per heavy atom. The smallest absolute Gasteiger partial charge is 0.129 e. The number of nitriles is 1. The fourth-order valence-corrected chi connectivity index (χ4v) is 0.919. The molecule has 0 rings (SSSR count). The topological polar surface area (TPSA) is 40.9 Å². The predicted molar refractivity (Wildman–Crippen MR) is 42.9 cm³/mol. The van der Waals surface area contributed by atoms with Gasteiger partial charge in [0, 0.05) is 6.42 Å². The summed E-state index contributed by atoms with van der Waals surface area (Å²) in [6.45, 7) is 1.57. The van der Waals surface area contributed by atoms with Crippen molar-refractivity contribution in [1.82, 2.24) is 0 Å². The van der Waals surface area contributed by atoms with Gasteiger partial charge in [0.2, 0.25) is 0 Å². The first-order chi connectivity index (χ1) is 4.66. The molecule has 0 aliphatic carbocycles. The van der Waals surface area contributed by atoms with E-state index in [9.17, 15) is 4.79 Å². The summed E-state index contributed by atoms with van der Waals surface area (Å²) in [7, 11) is 0. The Hall–Kier alpha value is -0.360. The Bertz CT molecular complexity index is 150. The van der Waals surface area contributed by atoms with Crippen molar-refractivity contribution in [2.24, 2.45) is 0 Å². The lowest BCUT2D eigenvalue weighted by molar-refractivity contribution is -0.117. The second kappa shape index (κ2) is 5.43. The SMILES string of the molecule is CC(=O)CCCC(Br)C#N. The second-order valence-corrected chi connectivity index (χ2v) is 3.30. The van der Waals surface area contributed by atoms with Crippen LogP contribution in [-0.2, 0) is 4.79 Å². The van der Waals surface area contributed by atoms with E-state index in [1.165, 1.54) is 0 Å². The van der Waals surface area contributed by atoms with Gasteiger partial charge in [-0.1, -0.05) is 15.9 Å². The van der Waals surface area contributed by atoms with E-state index >= 15 is 0 Å². The van der Waals surface area contributed by atoms with Crippen LogP contribution >= 0.6 is 15.9 Å². The maximum atomic E-state index is 10.4. The highest BCUT2D eigenvalue weighted by Gasteiger charge is 2.01. The van der Waals surface area contributed by atoms with E-state index in [-0.39, 0.29) is 10.6 Å². The molecule has 56 valence electrons. The van der Waals surface area contributed by atoms with Gasteiger partial charge < -0.3 is 4.79 Å². The first-order valence-corrected chi connectivity index (χ1v) is 4.11. The molecule has 1 unspecified atom stereocenters. The summed E-state index contributed by atoms with van der Waals surface area (Å²) in [4.78, 5) is 10.3. The van der Waals surface area contributed by atoms with Crippen molar-refractivity contribution < 1.29 is 4.79 Å². The molecule has 0 fully saturated rings. The van der Waals surface area contributed by atoms with Crippen molar-refractivity contribution in [3.8, 4) is 6.07 Å². The largest absolute Gasteiger partial charge is 0.300 e. The number of carbonyl (C=O) groups excluding carboxylic acids is 1. The standard InChI is InChI=1S/C7H10BrNO/c1-6(10)3-2-4-7(8)5-9/h7H,2-4H2,1H3. The van der Waals surface area contributed by atoms with Gasteiger partial charge in [-0.3, -0.25) is 0 Å². The van der Waals surface area contributed by atoms with Gasteiger partial charge in [0.1, 0.15) is 10.6 Å². The highest BCUT2D eigenvalue weighted by Crippen LogP contribution is 2.08. The van der Waals surface area contributed by atoms with Gasteiger partial charge in [-0.15, -0.1) is 0 Å². The first-order valence-electron chi connectivity index (χ1n) is 3.20. The van der Waals surface area contributed by atoms with E-state index in [0.29, 0.717) is 6.42 Å². The summed E-state index contributed by atoms with van der Waals surface area (Å²) < 4.78 is 0. The summed E-state index contributed by atoms with van der Waals surface area (Å²) in [5.41, 5.74) is 0. The normalized spacial score (nSPS) is 12.1. The molecule has 0 aromatic rings. The van der Waals surface area contributed by atoms with Crippen LogP contribution in [0.3, 0.4) is 0 Å². The van der Waals surface area contributed by atoms with E-state index < -0.39 is 0 Å². The Labute approximate surface area is 69.4 Å². The number of ketones is 1. The number of nitrogens with zero attached hydrogens (tertiary/aromatic N) is 1. The van der Waals surface area contributed by atoms with Crippen LogP contribution in [0, 0.1) is 11.3 Å². The van der Waals surface area contributed by atoms with Crippen molar-refractivity contribution in [2.75, 3.05) is 0 Å². The lowest BCUT2D eigenvalue weighted by Gasteiger charge is -1.96. The van der Waals surface area contributed by atoms with E-state index in [4.69, 9.17) is 5.26 Å². The lowest BCUT2D eigenvalue weighted by atomic mass is 10.1. The van der Waals surface area contributed by atoms with Crippen molar-refractivity contribution in [3.63, 3.8) is 0 Å². The second-order valence-electron chi connectivity index (χ2n) is 2.19. The van der Waals surface area contributed by atoms with Crippen molar-refractivity contribution in [3.05, 3.63) is 0 Å². The van der Waals surface area contributed by atoms with Crippen LogP contribution < -0.4 is 0 Å². The molecule has 10 heavy (non-hydrogen) atoms. The van der Waals surface area contributed by atoms with Crippen molar-refractivity contribution in [1.29, 1.82) is 5.26 Å². The third kappa shape index (κ3) is 5.77. The molecule has 0 amide bonds. The predicted octanol–water partition coefficient (Wildman–Crippen LogP) is 2.03.